The number of carbonyl (C=O) groups is 1. The summed E-state index contributed by atoms with van der Waals surface area (Å²) in [4.78, 5) is 10.9. The Hall–Kier alpha value is -0.920. The van der Waals surface area contributed by atoms with Crippen LogP contribution in [0.3, 0.4) is 0 Å². The number of nitrogens with one attached hydrogen (secondary N) is 2. The minimum Gasteiger partial charge on any atom is -0.307 e. The van der Waals surface area contributed by atoms with E-state index < -0.39 is 17.3 Å². The first-order valence-corrected chi connectivity index (χ1v) is 5.42. The van der Waals surface area contributed by atoms with Crippen LogP contribution in [0.2, 0.25) is 0 Å². The molecule has 0 spiro atoms. The molecule has 2 amide bonds. The number of hydrogen-bond donors (Lipinski definition) is 3. The van der Waals surface area contributed by atoms with Crippen molar-refractivity contribution in [1.29, 1.82) is 0 Å². The van der Waals surface area contributed by atoms with Gasteiger partial charge in [0.2, 0.25) is 0 Å². The summed E-state index contributed by atoms with van der Waals surface area (Å²) in [6.45, 7) is 0. The van der Waals surface area contributed by atoms with E-state index in [4.69, 9.17) is 4.55 Å². The Morgan fingerprint density at radius 2 is 1.93 bits per heavy atom. The average molecular weight is 279 g/mol. The molecule has 0 saturated carbocycles. The lowest BCUT2D eigenvalue weighted by atomic mass is 10.3. The van der Waals surface area contributed by atoms with Crippen LogP contribution in [0.5, 0.6) is 0 Å². The van der Waals surface area contributed by atoms with Gasteiger partial charge in [0, 0.05) is 10.2 Å². The Bertz CT molecular complexity index is 354. The molecule has 3 N–H and O–H groups in total. The second kappa shape index (κ2) is 5.08. The molecule has 1 aromatic rings. The third-order valence-electron chi connectivity index (χ3n) is 1.28. The highest BCUT2D eigenvalue weighted by molar-refractivity contribution is 9.10. The average Bonchev–Trinajstić information content (AvgIpc) is 2.07. The summed E-state index contributed by atoms with van der Waals surface area (Å²) < 4.78 is 21.2. The zero-order chi connectivity index (χ0) is 10.6. The highest BCUT2D eigenvalue weighted by Gasteiger charge is 2.02. The van der Waals surface area contributed by atoms with E-state index in [1.54, 1.807) is 29.0 Å². The molecule has 0 radical (unpaired) electrons. The fourth-order valence-electron chi connectivity index (χ4n) is 0.769. The first-order valence-electron chi connectivity index (χ1n) is 3.52. The predicted molar refractivity (Wildman–Crippen MR) is 57.1 cm³/mol. The van der Waals surface area contributed by atoms with Crippen LogP contribution < -0.4 is 10.0 Å². The van der Waals surface area contributed by atoms with Crippen LogP contribution in [-0.4, -0.2) is 14.8 Å². The molecule has 0 aliphatic rings. The van der Waals surface area contributed by atoms with Gasteiger partial charge >= 0.3 is 6.03 Å². The van der Waals surface area contributed by atoms with Gasteiger partial charge in [0.25, 0.3) is 11.3 Å². The third kappa shape index (κ3) is 3.86. The summed E-state index contributed by atoms with van der Waals surface area (Å²) in [6.07, 6.45) is 0. The first-order chi connectivity index (χ1) is 6.58. The van der Waals surface area contributed by atoms with E-state index in [2.05, 4.69) is 21.2 Å². The van der Waals surface area contributed by atoms with Gasteiger partial charge in [-0.1, -0.05) is 15.9 Å². The van der Waals surface area contributed by atoms with E-state index in [1.165, 1.54) is 0 Å². The highest BCUT2D eigenvalue weighted by Crippen LogP contribution is 2.13. The van der Waals surface area contributed by atoms with Crippen LogP contribution in [-0.2, 0) is 11.3 Å². The van der Waals surface area contributed by atoms with E-state index >= 15 is 0 Å². The van der Waals surface area contributed by atoms with Crippen LogP contribution in [0.4, 0.5) is 10.5 Å². The van der Waals surface area contributed by atoms with Crippen molar-refractivity contribution < 1.29 is 13.6 Å². The molecule has 0 aliphatic carbocycles. The van der Waals surface area contributed by atoms with E-state index in [-0.39, 0.29) is 0 Å². The monoisotopic (exact) mass is 278 g/mol. The van der Waals surface area contributed by atoms with E-state index in [0.717, 1.165) is 4.47 Å². The summed E-state index contributed by atoms with van der Waals surface area (Å²) in [5.41, 5.74) is 0.538. The molecule has 14 heavy (non-hydrogen) atoms. The second-order valence-electron chi connectivity index (χ2n) is 2.31. The number of benzene rings is 1. The fourth-order valence-corrected chi connectivity index (χ4v) is 1.24. The smallest absolute Gasteiger partial charge is 0.307 e. The Labute approximate surface area is 91.4 Å². The standard InChI is InChI=1S/C7H7BrN2O3S/c8-5-1-3-6(4-2-5)9-7(11)10-14(12)13/h1-4H,(H,12,13)(H2,9,10,11). The molecule has 0 aromatic heterocycles. The Morgan fingerprint density at radius 3 is 2.43 bits per heavy atom. The van der Waals surface area contributed by atoms with Crippen LogP contribution in [0, 0.1) is 0 Å². The van der Waals surface area contributed by atoms with Gasteiger partial charge in [0.1, 0.15) is 0 Å². The zero-order valence-corrected chi connectivity index (χ0v) is 9.26. The van der Waals surface area contributed by atoms with Crippen molar-refractivity contribution in [1.82, 2.24) is 4.72 Å². The lowest BCUT2D eigenvalue weighted by molar-refractivity contribution is 0.256. The van der Waals surface area contributed by atoms with Gasteiger partial charge in [-0.15, -0.1) is 0 Å². The largest absolute Gasteiger partial charge is 0.332 e. The summed E-state index contributed by atoms with van der Waals surface area (Å²) in [7, 11) is 0. The number of rotatable bonds is 2. The van der Waals surface area contributed by atoms with Crippen LogP contribution in [0.15, 0.2) is 28.7 Å². The lowest BCUT2D eigenvalue weighted by Gasteiger charge is -2.03. The number of urea groups is 1. The van der Waals surface area contributed by atoms with Crippen LogP contribution >= 0.6 is 15.9 Å². The molecule has 7 heteroatoms. The molecule has 5 nitrogen and oxygen atoms in total. The quantitative estimate of drug-likeness (QED) is 0.721. The molecular formula is C7H7BrN2O3S. The zero-order valence-electron chi connectivity index (χ0n) is 6.86. The van der Waals surface area contributed by atoms with E-state index in [1.807, 2.05) is 0 Å². The van der Waals surface area contributed by atoms with Gasteiger partial charge in [-0.25, -0.2) is 13.7 Å². The molecule has 0 saturated heterocycles. The van der Waals surface area contributed by atoms with Gasteiger partial charge in [-0.05, 0) is 24.3 Å². The predicted octanol–water partition coefficient (Wildman–Crippen LogP) is 1.71. The van der Waals surface area contributed by atoms with Crippen LogP contribution in [0.25, 0.3) is 0 Å². The number of anilines is 1. The lowest BCUT2D eigenvalue weighted by Crippen LogP contribution is -2.29. The minimum atomic E-state index is -2.35. The third-order valence-corrected chi connectivity index (χ3v) is 2.17. The highest BCUT2D eigenvalue weighted by atomic mass is 79.9. The topological polar surface area (TPSA) is 78.4 Å². The SMILES string of the molecule is O=C(Nc1ccc(Br)cc1)NS(=O)O. The van der Waals surface area contributed by atoms with Gasteiger partial charge in [0.05, 0.1) is 0 Å². The number of amides is 2. The fraction of sp³-hybridized carbons (Fsp3) is 0. The van der Waals surface area contributed by atoms with Gasteiger partial charge < -0.3 is 5.32 Å². The number of hydrogen-bond acceptors (Lipinski definition) is 2. The van der Waals surface area contributed by atoms with Crippen molar-refractivity contribution in [2.75, 3.05) is 5.32 Å². The maximum absolute atomic E-state index is 10.9. The van der Waals surface area contributed by atoms with Crippen LogP contribution in [0.1, 0.15) is 0 Å². The van der Waals surface area contributed by atoms with Crippen molar-refractivity contribution >= 4 is 38.9 Å². The molecule has 1 atom stereocenters. The number of carbonyl (C=O) groups excluding carboxylic acids is 1. The van der Waals surface area contributed by atoms with Crippen molar-refractivity contribution in [3.8, 4) is 0 Å². The molecular weight excluding hydrogens is 272 g/mol. The van der Waals surface area contributed by atoms with Crippen molar-refractivity contribution in [3.63, 3.8) is 0 Å². The summed E-state index contributed by atoms with van der Waals surface area (Å²) >= 11 is 0.890. The second-order valence-corrected chi connectivity index (χ2v) is 3.93. The number of halogens is 1. The van der Waals surface area contributed by atoms with Crippen molar-refractivity contribution in [2.45, 2.75) is 0 Å². The summed E-state index contributed by atoms with van der Waals surface area (Å²) in [5.74, 6) is 0. The van der Waals surface area contributed by atoms with E-state index in [9.17, 15) is 9.00 Å². The Kier molecular flexibility index (Phi) is 4.05. The molecule has 1 aromatic carbocycles. The molecule has 0 bridgehead atoms. The van der Waals surface area contributed by atoms with E-state index in [0.29, 0.717) is 5.69 Å². The maximum Gasteiger partial charge on any atom is 0.332 e. The van der Waals surface area contributed by atoms with Crippen molar-refractivity contribution in [2.24, 2.45) is 0 Å². The van der Waals surface area contributed by atoms with Crippen molar-refractivity contribution in [3.05, 3.63) is 28.7 Å². The minimum absolute atomic E-state index is 0.538. The molecule has 1 unspecified atom stereocenters. The molecule has 0 fully saturated rings. The van der Waals surface area contributed by atoms with Gasteiger partial charge in [-0.2, -0.15) is 0 Å². The maximum atomic E-state index is 10.9. The van der Waals surface area contributed by atoms with Gasteiger partial charge in [-0.3, -0.25) is 4.55 Å². The molecule has 1 rings (SSSR count). The Morgan fingerprint density at radius 1 is 1.36 bits per heavy atom. The summed E-state index contributed by atoms with van der Waals surface area (Å²) in [5, 5.41) is 2.38. The van der Waals surface area contributed by atoms with Gasteiger partial charge in [0.15, 0.2) is 0 Å². The molecule has 0 heterocycles. The Balaban J connectivity index is 2.56. The summed E-state index contributed by atoms with van der Waals surface area (Å²) in [6, 6.07) is 6.07. The normalized spacial score (nSPS) is 11.9. The molecule has 76 valence electrons. The first kappa shape index (κ1) is 11.2. The molecule has 0 aliphatic heterocycles.